The van der Waals surface area contributed by atoms with Gasteiger partial charge in [0.1, 0.15) is 17.8 Å². The van der Waals surface area contributed by atoms with Gasteiger partial charge in [0.15, 0.2) is 0 Å². The van der Waals surface area contributed by atoms with E-state index in [1.807, 2.05) is 6.07 Å². The Labute approximate surface area is 247 Å². The largest absolute Gasteiger partial charge is 0.481 e. The molecule has 0 aliphatic carbocycles. The molecule has 0 bridgehead atoms. The molecule has 1 fully saturated rings. The molecular weight excluding hydrogens is 528 g/mol. The molecule has 4 aromatic rings. The molecule has 3 heterocycles. The first kappa shape index (κ1) is 29.7. The average molecular weight is 571 g/mol. The van der Waals surface area contributed by atoms with Gasteiger partial charge in [-0.3, -0.25) is 14.6 Å². The summed E-state index contributed by atoms with van der Waals surface area (Å²) in [5.41, 5.74) is 5.51. The van der Waals surface area contributed by atoms with Crippen LogP contribution in [0.4, 0.5) is 5.82 Å². The Morgan fingerprint density at radius 3 is 2.50 bits per heavy atom. The van der Waals surface area contributed by atoms with Crippen LogP contribution in [0.15, 0.2) is 67.0 Å². The fourth-order valence-electron chi connectivity index (χ4n) is 5.41. The first-order chi connectivity index (χ1) is 20.5. The molecule has 1 unspecified atom stereocenters. The number of aromatic amines is 1. The second kappa shape index (κ2) is 14.9. The summed E-state index contributed by atoms with van der Waals surface area (Å²) in [4.78, 5) is 28.0. The molecule has 222 valence electrons. The zero-order valence-electron chi connectivity index (χ0n) is 24.5. The van der Waals surface area contributed by atoms with Crippen molar-refractivity contribution in [1.82, 2.24) is 24.8 Å². The summed E-state index contributed by atoms with van der Waals surface area (Å²) < 4.78 is 5.76. The minimum atomic E-state index is -0.718. The summed E-state index contributed by atoms with van der Waals surface area (Å²) in [5, 5.41) is 13.2. The summed E-state index contributed by atoms with van der Waals surface area (Å²) in [7, 11) is 0. The van der Waals surface area contributed by atoms with Crippen molar-refractivity contribution in [3.8, 4) is 11.3 Å². The van der Waals surface area contributed by atoms with E-state index in [1.165, 1.54) is 11.1 Å². The van der Waals surface area contributed by atoms with Crippen LogP contribution in [0.5, 0.6) is 0 Å². The third-order valence-electron chi connectivity index (χ3n) is 7.95. The zero-order chi connectivity index (χ0) is 29.1. The minimum absolute atomic E-state index is 0.130. The molecule has 0 amide bonds. The van der Waals surface area contributed by atoms with Crippen LogP contribution in [0.3, 0.4) is 0 Å². The highest BCUT2D eigenvalue weighted by atomic mass is 16.5. The monoisotopic (exact) mass is 570 g/mol. The van der Waals surface area contributed by atoms with Crippen LogP contribution in [-0.2, 0) is 16.1 Å². The summed E-state index contributed by atoms with van der Waals surface area (Å²) >= 11 is 0. The van der Waals surface area contributed by atoms with Gasteiger partial charge < -0.3 is 20.1 Å². The van der Waals surface area contributed by atoms with Crippen molar-refractivity contribution in [3.63, 3.8) is 0 Å². The number of nitrogens with zero attached hydrogens (tertiary/aromatic N) is 4. The Balaban J connectivity index is 1.07. The number of aromatic nitrogens is 3. The lowest BCUT2D eigenvalue weighted by Crippen LogP contribution is -2.46. The molecular formula is C33H42N6O3. The molecule has 0 spiro atoms. The van der Waals surface area contributed by atoms with Crippen LogP contribution >= 0.6 is 0 Å². The number of nitrogens with one attached hydrogen (secondary N) is 2. The predicted octanol–water partition coefficient (Wildman–Crippen LogP) is 5.58. The number of carboxylic acids is 1. The number of fused-ring (bicyclic) bond motifs is 1. The predicted molar refractivity (Wildman–Crippen MR) is 166 cm³/mol. The lowest BCUT2D eigenvalue weighted by atomic mass is 10.1. The van der Waals surface area contributed by atoms with Crippen molar-refractivity contribution in [2.75, 3.05) is 51.3 Å². The van der Waals surface area contributed by atoms with E-state index in [0.717, 1.165) is 93.2 Å². The maximum absolute atomic E-state index is 10.6. The number of piperazine rings is 1. The number of H-pyrrole nitrogens is 1. The highest BCUT2D eigenvalue weighted by molar-refractivity contribution is 5.91. The van der Waals surface area contributed by atoms with Crippen molar-refractivity contribution < 1.29 is 14.6 Å². The minimum Gasteiger partial charge on any atom is -0.481 e. The third-order valence-corrected chi connectivity index (χ3v) is 7.95. The third kappa shape index (κ3) is 8.38. The molecule has 5 rings (SSSR count). The van der Waals surface area contributed by atoms with E-state index in [1.54, 1.807) is 6.33 Å². The number of unbranched alkanes of at least 4 members (excludes halogenated alkanes) is 2. The van der Waals surface area contributed by atoms with Crippen LogP contribution in [0.1, 0.15) is 49.8 Å². The van der Waals surface area contributed by atoms with E-state index in [0.29, 0.717) is 6.61 Å². The first-order valence-electron chi connectivity index (χ1n) is 15.0. The van der Waals surface area contributed by atoms with E-state index in [2.05, 4.69) is 91.6 Å². The Morgan fingerprint density at radius 2 is 1.74 bits per heavy atom. The van der Waals surface area contributed by atoms with Crippen LogP contribution in [0.25, 0.3) is 22.3 Å². The lowest BCUT2D eigenvalue weighted by molar-refractivity contribution is -0.137. The van der Waals surface area contributed by atoms with E-state index in [-0.39, 0.29) is 12.5 Å². The molecule has 9 heteroatoms. The van der Waals surface area contributed by atoms with Crippen LogP contribution < -0.4 is 5.32 Å². The van der Waals surface area contributed by atoms with Gasteiger partial charge in [0.05, 0.1) is 12.0 Å². The van der Waals surface area contributed by atoms with Gasteiger partial charge >= 0.3 is 5.97 Å². The number of ether oxygens (including phenoxy) is 1. The molecule has 3 N–H and O–H groups in total. The van der Waals surface area contributed by atoms with Gasteiger partial charge in [-0.05, 0) is 42.5 Å². The van der Waals surface area contributed by atoms with Gasteiger partial charge in [-0.15, -0.1) is 0 Å². The first-order valence-corrected chi connectivity index (χ1v) is 15.0. The Kier molecular flexibility index (Phi) is 10.5. The number of benzene rings is 2. The molecule has 1 saturated heterocycles. The molecule has 1 aliphatic rings. The second-order valence-corrected chi connectivity index (χ2v) is 11.1. The molecule has 2 aromatic carbocycles. The summed E-state index contributed by atoms with van der Waals surface area (Å²) in [5.74, 6) is 0.110. The maximum Gasteiger partial charge on any atom is 0.303 e. The van der Waals surface area contributed by atoms with Crippen molar-refractivity contribution >= 4 is 22.8 Å². The van der Waals surface area contributed by atoms with Crippen molar-refractivity contribution in [2.24, 2.45) is 0 Å². The Bertz CT molecular complexity index is 1400. The number of carboxylic acid groups (broad SMARTS) is 1. The van der Waals surface area contributed by atoms with Crippen molar-refractivity contribution in [3.05, 3.63) is 78.1 Å². The molecule has 0 radical (unpaired) electrons. The van der Waals surface area contributed by atoms with E-state index in [9.17, 15) is 4.79 Å². The van der Waals surface area contributed by atoms with Crippen LogP contribution in [0.2, 0.25) is 0 Å². The zero-order valence-corrected chi connectivity index (χ0v) is 24.5. The van der Waals surface area contributed by atoms with Gasteiger partial charge in [0.25, 0.3) is 0 Å². The van der Waals surface area contributed by atoms with Gasteiger partial charge in [0.2, 0.25) is 0 Å². The average Bonchev–Trinajstić information content (AvgIpc) is 3.45. The molecule has 42 heavy (non-hydrogen) atoms. The summed E-state index contributed by atoms with van der Waals surface area (Å²) in [6, 6.07) is 21.4. The number of hydrogen-bond donors (Lipinski definition) is 3. The SMILES string of the molecule is CC(Nc1ncnc2[nH]c(-c3ccc(CN4CCN(CCOCCCCCC(=O)O)CC4)cc3)cc12)c1ccccc1. The Morgan fingerprint density at radius 1 is 0.976 bits per heavy atom. The summed E-state index contributed by atoms with van der Waals surface area (Å²) in [6.07, 6.45) is 4.43. The smallest absolute Gasteiger partial charge is 0.303 e. The molecule has 9 nitrogen and oxygen atoms in total. The number of aliphatic carboxylic acids is 1. The van der Waals surface area contributed by atoms with Crippen molar-refractivity contribution in [2.45, 2.75) is 45.2 Å². The van der Waals surface area contributed by atoms with Crippen LogP contribution in [-0.4, -0.2) is 81.8 Å². The van der Waals surface area contributed by atoms with Gasteiger partial charge in [-0.1, -0.05) is 61.0 Å². The van der Waals surface area contributed by atoms with Gasteiger partial charge in [-0.2, -0.15) is 0 Å². The van der Waals surface area contributed by atoms with Crippen molar-refractivity contribution in [1.29, 1.82) is 0 Å². The van der Waals surface area contributed by atoms with Gasteiger partial charge in [-0.25, -0.2) is 9.97 Å². The quantitative estimate of drug-likeness (QED) is 0.159. The molecule has 1 atom stereocenters. The second-order valence-electron chi connectivity index (χ2n) is 11.1. The normalized spacial score (nSPS) is 15.2. The van der Waals surface area contributed by atoms with E-state index in [4.69, 9.17) is 9.84 Å². The van der Waals surface area contributed by atoms with E-state index < -0.39 is 5.97 Å². The molecule has 0 saturated carbocycles. The molecule has 1 aliphatic heterocycles. The fourth-order valence-corrected chi connectivity index (χ4v) is 5.41. The molecule has 2 aromatic heterocycles. The Hall–Kier alpha value is -3.79. The standard InChI is InChI=1S/C33H42N6O3/c1-25(27-8-4-2-5-9-27)36-32-29-22-30(37-33(29)35-24-34-32)28-13-11-26(12-14-28)23-39-17-15-38(16-18-39)19-21-42-20-7-3-6-10-31(40)41/h2,4-5,8-9,11-14,22,24-25H,3,6-7,10,15-21,23H2,1H3,(H,40,41)(H2,34,35,36,37). The topological polar surface area (TPSA) is 107 Å². The van der Waals surface area contributed by atoms with Gasteiger partial charge in [0, 0.05) is 64.0 Å². The number of rotatable bonds is 15. The maximum atomic E-state index is 10.6. The highest BCUT2D eigenvalue weighted by Crippen LogP contribution is 2.29. The lowest BCUT2D eigenvalue weighted by Gasteiger charge is -2.34. The summed E-state index contributed by atoms with van der Waals surface area (Å²) in [6.45, 7) is 9.70. The number of anilines is 1. The fraction of sp³-hybridized carbons (Fsp3) is 0.424. The number of hydrogen-bond acceptors (Lipinski definition) is 7. The number of carbonyl (C=O) groups is 1. The van der Waals surface area contributed by atoms with E-state index >= 15 is 0 Å². The highest BCUT2D eigenvalue weighted by Gasteiger charge is 2.17. The van der Waals surface area contributed by atoms with Crippen LogP contribution in [0, 0.1) is 0 Å².